The standard InChI is InChI=1S/C18H13F2NO3/c1-23-15-8-6-12(7-9-15)17(22)14(11-21)10-13-4-2-3-5-16(13)24-18(19)20/h2-10,18H,1H3/b14-10-. The zero-order chi connectivity index (χ0) is 17.5. The highest BCUT2D eigenvalue weighted by molar-refractivity contribution is 6.14. The van der Waals surface area contributed by atoms with Crippen LogP contribution in [0, 0.1) is 11.3 Å². The Bertz CT molecular complexity index is 793. The third-order valence-corrected chi connectivity index (χ3v) is 3.15. The first-order chi connectivity index (χ1) is 11.5. The highest BCUT2D eigenvalue weighted by Gasteiger charge is 2.14. The smallest absolute Gasteiger partial charge is 0.387 e. The lowest BCUT2D eigenvalue weighted by Crippen LogP contribution is -2.04. The molecule has 2 rings (SSSR count). The minimum atomic E-state index is -3.00. The van der Waals surface area contributed by atoms with Gasteiger partial charge < -0.3 is 9.47 Å². The Morgan fingerprint density at radius 2 is 1.83 bits per heavy atom. The van der Waals surface area contributed by atoms with Gasteiger partial charge in [0.2, 0.25) is 5.78 Å². The molecule has 0 aliphatic carbocycles. The predicted molar refractivity (Wildman–Crippen MR) is 84.0 cm³/mol. The number of Topliss-reactive ketones (excluding diaryl/α,β-unsaturated/α-hetero) is 1. The second kappa shape index (κ2) is 7.88. The van der Waals surface area contributed by atoms with E-state index in [2.05, 4.69) is 4.74 Å². The second-order valence-corrected chi connectivity index (χ2v) is 4.64. The van der Waals surface area contributed by atoms with Crippen LogP contribution in [-0.2, 0) is 0 Å². The van der Waals surface area contributed by atoms with Gasteiger partial charge in [-0.2, -0.15) is 14.0 Å². The predicted octanol–water partition coefficient (Wildman–Crippen LogP) is 4.09. The summed E-state index contributed by atoms with van der Waals surface area (Å²) in [7, 11) is 1.50. The van der Waals surface area contributed by atoms with E-state index in [4.69, 9.17) is 4.74 Å². The summed E-state index contributed by atoms with van der Waals surface area (Å²) in [5.41, 5.74) is 0.317. The van der Waals surface area contributed by atoms with Crippen LogP contribution in [0.5, 0.6) is 11.5 Å². The molecule has 0 aromatic heterocycles. The molecule has 0 spiro atoms. The number of carbonyl (C=O) groups is 1. The molecule has 0 saturated carbocycles. The Balaban J connectivity index is 2.35. The molecule has 0 aliphatic heterocycles. The Morgan fingerprint density at radius 1 is 1.17 bits per heavy atom. The van der Waals surface area contributed by atoms with Gasteiger partial charge in [-0.15, -0.1) is 0 Å². The zero-order valence-electron chi connectivity index (χ0n) is 12.7. The van der Waals surface area contributed by atoms with Crippen molar-refractivity contribution >= 4 is 11.9 Å². The fraction of sp³-hybridized carbons (Fsp3) is 0.111. The monoisotopic (exact) mass is 329 g/mol. The molecule has 2 aromatic carbocycles. The first kappa shape index (κ1) is 17.2. The van der Waals surface area contributed by atoms with E-state index in [0.717, 1.165) is 0 Å². The van der Waals surface area contributed by atoms with Gasteiger partial charge in [0, 0.05) is 11.1 Å². The molecular formula is C18H13F2NO3. The number of ketones is 1. The molecule has 0 heterocycles. The molecule has 4 nitrogen and oxygen atoms in total. The summed E-state index contributed by atoms with van der Waals surface area (Å²) in [5, 5.41) is 9.24. The molecule has 0 amide bonds. The molecule has 0 fully saturated rings. The van der Waals surface area contributed by atoms with Crippen molar-refractivity contribution in [3.8, 4) is 17.6 Å². The van der Waals surface area contributed by atoms with Gasteiger partial charge in [0.1, 0.15) is 23.1 Å². The van der Waals surface area contributed by atoms with Crippen LogP contribution in [-0.4, -0.2) is 19.5 Å². The first-order valence-corrected chi connectivity index (χ1v) is 6.89. The van der Waals surface area contributed by atoms with Crippen LogP contribution >= 0.6 is 0 Å². The SMILES string of the molecule is COc1ccc(C(=O)/C(C#N)=C\c2ccccc2OC(F)F)cc1. The van der Waals surface area contributed by atoms with Crippen molar-refractivity contribution in [1.29, 1.82) is 5.26 Å². The van der Waals surface area contributed by atoms with Crippen molar-refractivity contribution in [3.05, 3.63) is 65.2 Å². The van der Waals surface area contributed by atoms with Crippen molar-refractivity contribution in [2.24, 2.45) is 0 Å². The van der Waals surface area contributed by atoms with Gasteiger partial charge in [-0.3, -0.25) is 4.79 Å². The number of hydrogen-bond acceptors (Lipinski definition) is 4. The quantitative estimate of drug-likeness (QED) is 0.455. The number of nitriles is 1. The van der Waals surface area contributed by atoms with Gasteiger partial charge >= 0.3 is 6.61 Å². The minimum absolute atomic E-state index is 0.109. The van der Waals surface area contributed by atoms with Crippen LogP contribution in [0.15, 0.2) is 54.1 Å². The zero-order valence-corrected chi connectivity index (χ0v) is 12.7. The van der Waals surface area contributed by atoms with E-state index in [1.807, 2.05) is 0 Å². The summed E-state index contributed by atoms with van der Waals surface area (Å²) < 4.78 is 34.3. The lowest BCUT2D eigenvalue weighted by Gasteiger charge is -2.08. The minimum Gasteiger partial charge on any atom is -0.497 e. The fourth-order valence-electron chi connectivity index (χ4n) is 2.01. The number of halogens is 2. The van der Waals surface area contributed by atoms with Crippen LogP contribution < -0.4 is 9.47 Å². The number of hydrogen-bond donors (Lipinski definition) is 0. The third-order valence-electron chi connectivity index (χ3n) is 3.15. The third kappa shape index (κ3) is 4.17. The van der Waals surface area contributed by atoms with Crippen LogP contribution in [0.3, 0.4) is 0 Å². The molecule has 0 radical (unpaired) electrons. The molecule has 24 heavy (non-hydrogen) atoms. The van der Waals surface area contributed by atoms with Crippen molar-refractivity contribution in [3.63, 3.8) is 0 Å². The van der Waals surface area contributed by atoms with Gasteiger partial charge in [-0.1, -0.05) is 18.2 Å². The Morgan fingerprint density at radius 3 is 2.42 bits per heavy atom. The van der Waals surface area contributed by atoms with Crippen molar-refractivity contribution in [2.75, 3.05) is 7.11 Å². The summed E-state index contributed by atoms with van der Waals surface area (Å²) in [4.78, 5) is 12.4. The van der Waals surface area contributed by atoms with Crippen LogP contribution in [0.25, 0.3) is 6.08 Å². The Kier molecular flexibility index (Phi) is 5.63. The average Bonchev–Trinajstić information content (AvgIpc) is 2.60. The van der Waals surface area contributed by atoms with E-state index in [-0.39, 0.29) is 22.4 Å². The number of para-hydroxylation sites is 1. The van der Waals surface area contributed by atoms with Gasteiger partial charge in [0.05, 0.1) is 7.11 Å². The summed E-state index contributed by atoms with van der Waals surface area (Å²) in [5.74, 6) is -0.0560. The average molecular weight is 329 g/mol. The Hall–Kier alpha value is -3.20. The lowest BCUT2D eigenvalue weighted by atomic mass is 10.0. The summed E-state index contributed by atoms with van der Waals surface area (Å²) in [6.45, 7) is -3.00. The molecule has 6 heteroatoms. The Labute approximate surface area is 137 Å². The van der Waals surface area contributed by atoms with E-state index in [1.54, 1.807) is 24.3 Å². The summed E-state index contributed by atoms with van der Waals surface area (Å²) >= 11 is 0. The van der Waals surface area contributed by atoms with E-state index < -0.39 is 12.4 Å². The topological polar surface area (TPSA) is 59.3 Å². The molecular weight excluding hydrogens is 316 g/mol. The maximum absolute atomic E-state index is 12.4. The number of benzene rings is 2. The number of alkyl halides is 2. The van der Waals surface area contributed by atoms with Crippen molar-refractivity contribution in [2.45, 2.75) is 6.61 Å². The van der Waals surface area contributed by atoms with Crippen LogP contribution in [0.4, 0.5) is 8.78 Å². The van der Waals surface area contributed by atoms with Crippen LogP contribution in [0.2, 0.25) is 0 Å². The van der Waals surface area contributed by atoms with Gasteiger partial charge in [-0.25, -0.2) is 0 Å². The largest absolute Gasteiger partial charge is 0.497 e. The number of rotatable bonds is 6. The summed E-state index contributed by atoms with van der Waals surface area (Å²) in [6.07, 6.45) is 1.23. The van der Waals surface area contributed by atoms with Crippen LogP contribution in [0.1, 0.15) is 15.9 Å². The van der Waals surface area contributed by atoms with Gasteiger partial charge in [0.15, 0.2) is 0 Å². The maximum Gasteiger partial charge on any atom is 0.387 e. The van der Waals surface area contributed by atoms with Crippen molar-refractivity contribution in [1.82, 2.24) is 0 Å². The van der Waals surface area contributed by atoms with E-state index >= 15 is 0 Å². The number of ether oxygens (including phenoxy) is 2. The number of methoxy groups -OCH3 is 1. The maximum atomic E-state index is 12.4. The van der Waals surface area contributed by atoms with Crippen molar-refractivity contribution < 1.29 is 23.0 Å². The van der Waals surface area contributed by atoms with Gasteiger partial charge in [0.25, 0.3) is 0 Å². The lowest BCUT2D eigenvalue weighted by molar-refractivity contribution is -0.0499. The molecule has 0 unspecified atom stereocenters. The highest BCUT2D eigenvalue weighted by Crippen LogP contribution is 2.24. The molecule has 2 aromatic rings. The number of carbonyl (C=O) groups excluding carboxylic acids is 1. The van der Waals surface area contributed by atoms with Gasteiger partial charge in [-0.05, 0) is 36.4 Å². The molecule has 0 bridgehead atoms. The second-order valence-electron chi connectivity index (χ2n) is 4.64. The first-order valence-electron chi connectivity index (χ1n) is 6.89. The normalized spacial score (nSPS) is 11.0. The fourth-order valence-corrected chi connectivity index (χ4v) is 2.01. The molecule has 0 N–H and O–H groups in total. The van der Waals surface area contributed by atoms with E-state index in [1.165, 1.54) is 43.5 Å². The molecule has 122 valence electrons. The summed E-state index contributed by atoms with van der Waals surface area (Å²) in [6, 6.07) is 14.0. The number of nitrogens with zero attached hydrogens (tertiary/aromatic N) is 1. The number of allylic oxidation sites excluding steroid dienone is 1. The molecule has 0 saturated heterocycles. The highest BCUT2D eigenvalue weighted by atomic mass is 19.3. The van der Waals surface area contributed by atoms with E-state index in [0.29, 0.717) is 5.75 Å². The molecule has 0 atom stereocenters. The van der Waals surface area contributed by atoms with E-state index in [9.17, 15) is 18.8 Å². The molecule has 0 aliphatic rings.